The smallest absolute Gasteiger partial charge is 0.433 e. The highest BCUT2D eigenvalue weighted by Crippen LogP contribution is 2.44. The first-order valence-corrected chi connectivity index (χ1v) is 11.6. The lowest BCUT2D eigenvalue weighted by Gasteiger charge is -2.26. The molecule has 38 heavy (non-hydrogen) atoms. The van der Waals surface area contributed by atoms with Crippen molar-refractivity contribution in [1.29, 1.82) is 0 Å². The zero-order valence-corrected chi connectivity index (χ0v) is 20.9. The van der Waals surface area contributed by atoms with Gasteiger partial charge in [-0.25, -0.2) is 0 Å². The molecule has 3 aromatic rings. The lowest BCUT2D eigenvalue weighted by Crippen LogP contribution is -2.40. The molecule has 2 aromatic carbocycles. The fourth-order valence-electron chi connectivity index (χ4n) is 4.29. The molecule has 2 atom stereocenters. The summed E-state index contributed by atoms with van der Waals surface area (Å²) < 4.78 is 58.3. The second-order valence-electron chi connectivity index (χ2n) is 8.35. The van der Waals surface area contributed by atoms with Crippen LogP contribution in [-0.2, 0) is 27.0 Å². The standard InChI is InChI=1S/C26H22ClF3N2O6/c1-36-16-7-5-14(20(11-16)37-2)13-32-19-8-6-15(27)10-18(19)23(38-21(25(32)35)12-22(33)34)17-4-3-9-31-24(17)26(28,29)30/h3-11,21,23H,12-13H2,1-2H3,(H,33,34)/t21-,23-/m0/s1. The van der Waals surface area contributed by atoms with E-state index in [1.165, 1.54) is 49.5 Å². The van der Waals surface area contributed by atoms with Crippen molar-refractivity contribution in [2.45, 2.75) is 31.3 Å². The number of hydrogen-bond acceptors (Lipinski definition) is 6. The minimum Gasteiger partial charge on any atom is -0.497 e. The number of amides is 1. The van der Waals surface area contributed by atoms with Gasteiger partial charge in [-0.05, 0) is 36.4 Å². The number of benzene rings is 2. The minimum atomic E-state index is -4.84. The van der Waals surface area contributed by atoms with E-state index in [2.05, 4.69) is 4.98 Å². The number of halogens is 4. The number of carbonyl (C=O) groups excluding carboxylic acids is 1. The summed E-state index contributed by atoms with van der Waals surface area (Å²) in [6.45, 7) is -0.105. The van der Waals surface area contributed by atoms with E-state index in [4.69, 9.17) is 25.8 Å². The highest BCUT2D eigenvalue weighted by molar-refractivity contribution is 6.30. The van der Waals surface area contributed by atoms with Crippen LogP contribution in [0.2, 0.25) is 5.02 Å². The predicted octanol–water partition coefficient (Wildman–Crippen LogP) is 5.27. The molecule has 0 saturated heterocycles. The zero-order valence-electron chi connectivity index (χ0n) is 20.2. The lowest BCUT2D eigenvalue weighted by atomic mass is 9.97. The van der Waals surface area contributed by atoms with E-state index < -0.39 is 42.4 Å². The zero-order chi connectivity index (χ0) is 27.6. The number of hydrogen-bond donors (Lipinski definition) is 1. The van der Waals surface area contributed by atoms with Crippen LogP contribution in [0.15, 0.2) is 54.7 Å². The molecular formula is C26H22ClF3N2O6. The number of pyridine rings is 1. The summed E-state index contributed by atoms with van der Waals surface area (Å²) in [4.78, 5) is 30.1. The number of anilines is 1. The summed E-state index contributed by atoms with van der Waals surface area (Å²) in [5.74, 6) is -1.23. The number of aromatic nitrogens is 1. The van der Waals surface area contributed by atoms with Gasteiger partial charge in [-0.15, -0.1) is 0 Å². The van der Waals surface area contributed by atoms with Gasteiger partial charge >= 0.3 is 12.1 Å². The summed E-state index contributed by atoms with van der Waals surface area (Å²) in [5, 5.41) is 9.68. The Morgan fingerprint density at radius 1 is 1.13 bits per heavy atom. The van der Waals surface area contributed by atoms with Gasteiger partial charge in [0.25, 0.3) is 5.91 Å². The number of methoxy groups -OCH3 is 2. The van der Waals surface area contributed by atoms with Crippen molar-refractivity contribution in [3.8, 4) is 11.5 Å². The van der Waals surface area contributed by atoms with Crippen LogP contribution in [0.3, 0.4) is 0 Å². The van der Waals surface area contributed by atoms with E-state index in [9.17, 15) is 27.9 Å². The van der Waals surface area contributed by atoms with Gasteiger partial charge in [0.15, 0.2) is 5.69 Å². The van der Waals surface area contributed by atoms with Crippen LogP contribution in [0.4, 0.5) is 18.9 Å². The molecule has 4 rings (SSSR count). The fourth-order valence-corrected chi connectivity index (χ4v) is 4.47. The fraction of sp³-hybridized carbons (Fsp3) is 0.269. The summed E-state index contributed by atoms with van der Waals surface area (Å²) in [5.41, 5.74) is -0.720. The Bertz CT molecular complexity index is 1370. The normalized spacial score (nSPS) is 17.5. The summed E-state index contributed by atoms with van der Waals surface area (Å²) in [6.07, 6.45) is -7.74. The Hall–Kier alpha value is -3.83. The van der Waals surface area contributed by atoms with Gasteiger partial charge in [0.1, 0.15) is 23.7 Å². The number of carboxylic acid groups (broad SMARTS) is 1. The van der Waals surface area contributed by atoms with Crippen molar-refractivity contribution in [3.63, 3.8) is 0 Å². The highest BCUT2D eigenvalue weighted by atomic mass is 35.5. The highest BCUT2D eigenvalue weighted by Gasteiger charge is 2.43. The topological polar surface area (TPSA) is 98.2 Å². The number of rotatable bonds is 7. The lowest BCUT2D eigenvalue weighted by molar-refractivity contribution is -0.149. The number of fused-ring (bicyclic) bond motifs is 1. The van der Waals surface area contributed by atoms with Gasteiger partial charge < -0.3 is 24.2 Å². The van der Waals surface area contributed by atoms with Crippen molar-refractivity contribution in [2.24, 2.45) is 0 Å². The van der Waals surface area contributed by atoms with Crippen LogP contribution in [0.25, 0.3) is 0 Å². The molecule has 0 fully saturated rings. The Balaban J connectivity index is 1.92. The number of carboxylic acids is 1. The van der Waals surface area contributed by atoms with Crippen LogP contribution in [0.1, 0.15) is 34.9 Å². The first kappa shape index (κ1) is 27.2. The van der Waals surface area contributed by atoms with Gasteiger partial charge in [0.2, 0.25) is 0 Å². The predicted molar refractivity (Wildman–Crippen MR) is 130 cm³/mol. The summed E-state index contributed by atoms with van der Waals surface area (Å²) in [7, 11) is 2.91. The van der Waals surface area contributed by atoms with Crippen molar-refractivity contribution >= 4 is 29.2 Å². The molecule has 8 nitrogen and oxygen atoms in total. The van der Waals surface area contributed by atoms with Crippen molar-refractivity contribution < 1.29 is 42.1 Å². The molecular weight excluding hydrogens is 529 g/mol. The van der Waals surface area contributed by atoms with Crippen molar-refractivity contribution in [3.05, 3.63) is 82.1 Å². The first-order chi connectivity index (χ1) is 18.0. The summed E-state index contributed by atoms with van der Waals surface area (Å²) >= 11 is 6.23. The number of ether oxygens (including phenoxy) is 3. The average Bonchev–Trinajstić information content (AvgIpc) is 2.98. The number of carbonyl (C=O) groups is 2. The van der Waals surface area contributed by atoms with Crippen LogP contribution in [0, 0.1) is 0 Å². The van der Waals surface area contributed by atoms with E-state index in [-0.39, 0.29) is 28.4 Å². The Morgan fingerprint density at radius 2 is 1.89 bits per heavy atom. The minimum absolute atomic E-state index is 0.105. The SMILES string of the molecule is COc1ccc(CN2C(=O)[C@H](CC(=O)O)O[C@@H](c3cccnc3C(F)(F)F)c3cc(Cl)ccc32)c(OC)c1. The van der Waals surface area contributed by atoms with Crippen LogP contribution in [-0.4, -0.2) is 42.3 Å². The largest absolute Gasteiger partial charge is 0.497 e. The molecule has 1 aliphatic rings. The third-order valence-electron chi connectivity index (χ3n) is 5.98. The quantitative estimate of drug-likeness (QED) is 0.428. The van der Waals surface area contributed by atoms with Gasteiger partial charge in [0.05, 0.1) is 32.9 Å². The number of aliphatic carboxylic acids is 1. The van der Waals surface area contributed by atoms with Gasteiger partial charge in [-0.3, -0.25) is 14.6 Å². The van der Waals surface area contributed by atoms with Gasteiger partial charge in [-0.1, -0.05) is 17.7 Å². The maximum absolute atomic E-state index is 13.9. The van der Waals surface area contributed by atoms with E-state index in [1.807, 2.05) is 0 Å². The van der Waals surface area contributed by atoms with E-state index in [1.54, 1.807) is 18.2 Å². The number of nitrogens with zero attached hydrogens (tertiary/aromatic N) is 2. The van der Waals surface area contributed by atoms with E-state index >= 15 is 0 Å². The van der Waals surface area contributed by atoms with E-state index in [0.717, 1.165) is 6.20 Å². The molecule has 0 unspecified atom stereocenters. The molecule has 0 spiro atoms. The third kappa shape index (κ3) is 5.53. The van der Waals surface area contributed by atoms with Crippen LogP contribution < -0.4 is 14.4 Å². The Kier molecular flexibility index (Phi) is 7.79. The molecule has 0 saturated carbocycles. The second-order valence-corrected chi connectivity index (χ2v) is 8.78. The molecule has 0 bridgehead atoms. The molecule has 200 valence electrons. The molecule has 2 heterocycles. The summed E-state index contributed by atoms with van der Waals surface area (Å²) in [6, 6.07) is 11.8. The van der Waals surface area contributed by atoms with Gasteiger partial charge in [-0.2, -0.15) is 13.2 Å². The Morgan fingerprint density at radius 3 is 2.55 bits per heavy atom. The maximum Gasteiger partial charge on any atom is 0.433 e. The molecule has 1 aromatic heterocycles. The van der Waals surface area contributed by atoms with E-state index in [0.29, 0.717) is 17.1 Å². The van der Waals surface area contributed by atoms with Gasteiger partial charge in [0, 0.05) is 34.0 Å². The van der Waals surface area contributed by atoms with Crippen molar-refractivity contribution in [1.82, 2.24) is 4.98 Å². The third-order valence-corrected chi connectivity index (χ3v) is 6.21. The molecule has 1 amide bonds. The molecule has 1 N–H and O–H groups in total. The Labute approximate surface area is 220 Å². The monoisotopic (exact) mass is 550 g/mol. The molecule has 12 heteroatoms. The van der Waals surface area contributed by atoms with Crippen LogP contribution in [0.5, 0.6) is 11.5 Å². The molecule has 1 aliphatic heterocycles. The average molecular weight is 551 g/mol. The molecule has 0 radical (unpaired) electrons. The molecule has 0 aliphatic carbocycles. The van der Waals surface area contributed by atoms with Crippen LogP contribution >= 0.6 is 11.6 Å². The maximum atomic E-state index is 13.9. The second kappa shape index (κ2) is 10.9. The first-order valence-electron chi connectivity index (χ1n) is 11.2. The number of alkyl halides is 3. The van der Waals surface area contributed by atoms with Crippen molar-refractivity contribution in [2.75, 3.05) is 19.1 Å².